The van der Waals surface area contributed by atoms with Gasteiger partial charge in [0, 0.05) is 12.8 Å². The van der Waals surface area contributed by atoms with Crippen LogP contribution in [0.4, 0.5) is 0 Å². The van der Waals surface area contributed by atoms with Gasteiger partial charge in [-0.1, -0.05) is 204 Å². The van der Waals surface area contributed by atoms with Gasteiger partial charge in [0.2, 0.25) is 0 Å². The largest absolute Gasteiger partial charge is 0.477 e. The molecule has 0 rings (SSSR count). The molecular formula is C58H106NO8+. The van der Waals surface area contributed by atoms with Gasteiger partial charge in [0.25, 0.3) is 6.29 Å². The molecule has 0 aliphatic heterocycles. The predicted octanol–water partition coefficient (Wildman–Crippen LogP) is 15.9. The topological polar surface area (TPSA) is 108 Å². The molecule has 2 unspecified atom stereocenters. The quantitative estimate of drug-likeness (QED) is 0.0211. The average Bonchev–Trinajstić information content (AvgIpc) is 3.29. The summed E-state index contributed by atoms with van der Waals surface area (Å²) in [5, 5.41) is 9.69. The highest BCUT2D eigenvalue weighted by Crippen LogP contribution is 2.15. The van der Waals surface area contributed by atoms with Crippen LogP contribution in [0.15, 0.2) is 48.6 Å². The van der Waals surface area contributed by atoms with Crippen molar-refractivity contribution in [2.75, 3.05) is 47.5 Å². The molecular weight excluding hydrogens is 839 g/mol. The molecule has 2 atom stereocenters. The van der Waals surface area contributed by atoms with Crippen molar-refractivity contribution in [2.24, 2.45) is 0 Å². The van der Waals surface area contributed by atoms with E-state index in [1.54, 1.807) is 0 Å². The second-order valence-corrected chi connectivity index (χ2v) is 19.9. The van der Waals surface area contributed by atoms with E-state index in [2.05, 4.69) is 62.5 Å². The van der Waals surface area contributed by atoms with Gasteiger partial charge in [-0.15, -0.1) is 0 Å². The number of carboxylic acid groups (broad SMARTS) is 1. The number of carbonyl (C=O) groups is 3. The van der Waals surface area contributed by atoms with Crippen molar-refractivity contribution in [3.63, 3.8) is 0 Å². The van der Waals surface area contributed by atoms with Gasteiger partial charge in [-0.2, -0.15) is 0 Å². The minimum absolute atomic E-state index is 0.184. The molecule has 0 spiro atoms. The van der Waals surface area contributed by atoms with Crippen LogP contribution in [0, 0.1) is 0 Å². The predicted molar refractivity (Wildman–Crippen MR) is 281 cm³/mol. The Morgan fingerprint density at radius 3 is 1.24 bits per heavy atom. The summed E-state index contributed by atoms with van der Waals surface area (Å²) in [4.78, 5) is 37.4. The minimum atomic E-state index is -1.51. The number of hydrogen-bond donors (Lipinski definition) is 1. The molecule has 0 aliphatic carbocycles. The fourth-order valence-corrected chi connectivity index (χ4v) is 7.72. The number of quaternary nitrogens is 1. The summed E-state index contributed by atoms with van der Waals surface area (Å²) in [6, 6.07) is 0. The number of likely N-dealkylation sites (N-methyl/N-ethyl adjacent to an activating group) is 1. The zero-order chi connectivity index (χ0) is 49.2. The maximum absolute atomic E-state index is 12.8. The highest BCUT2D eigenvalue weighted by atomic mass is 16.7. The molecule has 0 aliphatic rings. The van der Waals surface area contributed by atoms with E-state index in [9.17, 15) is 19.5 Å². The first kappa shape index (κ1) is 64.2. The molecule has 0 amide bonds. The van der Waals surface area contributed by atoms with Crippen LogP contribution in [0.25, 0.3) is 0 Å². The number of carbonyl (C=O) groups excluding carboxylic acids is 2. The Bertz CT molecular complexity index is 1240. The number of carboxylic acids is 1. The van der Waals surface area contributed by atoms with E-state index < -0.39 is 24.3 Å². The summed E-state index contributed by atoms with van der Waals surface area (Å²) < 4.78 is 22.8. The number of hydrogen-bond acceptors (Lipinski definition) is 7. The highest BCUT2D eigenvalue weighted by Gasteiger charge is 2.25. The first-order chi connectivity index (χ1) is 32.6. The smallest absolute Gasteiger partial charge is 0.361 e. The molecule has 390 valence electrons. The summed E-state index contributed by atoms with van der Waals surface area (Å²) in [5.41, 5.74) is 0. The van der Waals surface area contributed by atoms with Crippen molar-refractivity contribution in [1.82, 2.24) is 0 Å². The van der Waals surface area contributed by atoms with Crippen LogP contribution in [0.2, 0.25) is 0 Å². The summed E-state index contributed by atoms with van der Waals surface area (Å²) in [7, 11) is 5.96. The van der Waals surface area contributed by atoms with Gasteiger partial charge in [0.1, 0.15) is 13.2 Å². The number of aliphatic carboxylic acids is 1. The zero-order valence-electron chi connectivity index (χ0n) is 44.3. The number of nitrogens with zero attached hydrogens (tertiary/aromatic N) is 1. The lowest BCUT2D eigenvalue weighted by atomic mass is 10.0. The van der Waals surface area contributed by atoms with E-state index in [0.717, 1.165) is 70.6 Å². The second-order valence-electron chi connectivity index (χ2n) is 19.9. The van der Waals surface area contributed by atoms with Crippen molar-refractivity contribution in [2.45, 2.75) is 257 Å². The Kier molecular flexibility index (Phi) is 47.6. The van der Waals surface area contributed by atoms with Gasteiger partial charge in [-0.3, -0.25) is 9.59 Å². The standard InChI is InChI=1S/C58H105NO8/c1-6-8-10-12-14-16-18-20-22-24-26-27-28-29-31-32-34-36-38-40-42-44-46-48-55(60)65-52-54(53-66-58(57(62)63)64-51-50-59(3,4)5)67-56(61)49-47-45-43-41-39-37-35-33-30-25-23-21-19-17-15-13-11-9-7-2/h15,17,21,23-24,26,30,33,54,58H,6-14,16,18-20,22,25,27-29,31-32,34-53H2,1-5H3/p+1/b17-15-,23-21-,26-24-,33-30-. The maximum Gasteiger partial charge on any atom is 0.361 e. The molecule has 0 aromatic carbocycles. The first-order valence-corrected chi connectivity index (χ1v) is 27.8. The third kappa shape index (κ3) is 50.9. The fraction of sp³-hybridized carbons (Fsp3) is 0.810. The molecule has 0 heterocycles. The number of allylic oxidation sites excluding steroid dienone is 8. The summed E-state index contributed by atoms with van der Waals surface area (Å²) in [6.45, 7) is 4.85. The Morgan fingerprint density at radius 2 is 0.806 bits per heavy atom. The van der Waals surface area contributed by atoms with Crippen molar-refractivity contribution >= 4 is 17.9 Å². The Labute approximate surface area is 412 Å². The van der Waals surface area contributed by atoms with Crippen molar-refractivity contribution in [1.29, 1.82) is 0 Å². The van der Waals surface area contributed by atoms with Crippen LogP contribution in [-0.2, 0) is 33.3 Å². The van der Waals surface area contributed by atoms with E-state index in [4.69, 9.17) is 18.9 Å². The van der Waals surface area contributed by atoms with Crippen LogP contribution >= 0.6 is 0 Å². The minimum Gasteiger partial charge on any atom is -0.477 e. The molecule has 0 aromatic heterocycles. The number of rotatable bonds is 51. The average molecular weight is 945 g/mol. The Hall–Kier alpha value is -2.75. The summed E-state index contributed by atoms with van der Waals surface area (Å²) >= 11 is 0. The Balaban J connectivity index is 4.29. The van der Waals surface area contributed by atoms with Crippen molar-refractivity contribution in [3.05, 3.63) is 48.6 Å². The highest BCUT2D eigenvalue weighted by molar-refractivity contribution is 5.71. The number of unbranched alkanes of at least 4 members (excludes halogenated alkanes) is 28. The van der Waals surface area contributed by atoms with Crippen molar-refractivity contribution < 1.29 is 42.9 Å². The summed E-state index contributed by atoms with van der Waals surface area (Å²) in [6.07, 6.45) is 57.5. The molecule has 0 bridgehead atoms. The molecule has 9 nitrogen and oxygen atoms in total. The van der Waals surface area contributed by atoms with Crippen LogP contribution in [-0.4, -0.2) is 87.4 Å². The normalized spacial score (nSPS) is 13.1. The number of esters is 2. The summed E-state index contributed by atoms with van der Waals surface area (Å²) in [5.74, 6) is -2.02. The second kappa shape index (κ2) is 49.7. The van der Waals surface area contributed by atoms with Crippen LogP contribution in [0.3, 0.4) is 0 Å². The lowest BCUT2D eigenvalue weighted by molar-refractivity contribution is -0.870. The van der Waals surface area contributed by atoms with E-state index in [0.29, 0.717) is 23.9 Å². The van der Waals surface area contributed by atoms with E-state index in [1.807, 2.05) is 21.1 Å². The van der Waals surface area contributed by atoms with Gasteiger partial charge in [0.05, 0.1) is 34.4 Å². The first-order valence-electron chi connectivity index (χ1n) is 27.8. The van der Waals surface area contributed by atoms with Gasteiger partial charge in [-0.25, -0.2) is 4.79 Å². The third-order valence-corrected chi connectivity index (χ3v) is 12.1. The van der Waals surface area contributed by atoms with Gasteiger partial charge < -0.3 is 28.5 Å². The molecule has 0 saturated heterocycles. The molecule has 0 aromatic rings. The van der Waals surface area contributed by atoms with Crippen LogP contribution in [0.5, 0.6) is 0 Å². The van der Waals surface area contributed by atoms with Gasteiger partial charge >= 0.3 is 17.9 Å². The van der Waals surface area contributed by atoms with E-state index >= 15 is 0 Å². The number of ether oxygens (including phenoxy) is 4. The Morgan fingerprint density at radius 1 is 0.448 bits per heavy atom. The SMILES string of the molecule is CCCCC/C=C\C/C=C\C/C=C\CCCCCCCCC(=O)OC(COC(=O)CCCCCCCCCCCCC/C=C\CCCCCCCCCC)COC(OCC[N+](C)(C)C)C(=O)O. The molecule has 9 heteroatoms. The molecule has 0 fully saturated rings. The third-order valence-electron chi connectivity index (χ3n) is 12.1. The maximum atomic E-state index is 12.8. The zero-order valence-corrected chi connectivity index (χ0v) is 44.3. The monoisotopic (exact) mass is 945 g/mol. The van der Waals surface area contributed by atoms with Gasteiger partial charge in [-0.05, 0) is 77.0 Å². The molecule has 0 radical (unpaired) electrons. The van der Waals surface area contributed by atoms with E-state index in [1.165, 1.54) is 141 Å². The lowest BCUT2D eigenvalue weighted by Gasteiger charge is -2.25. The molecule has 0 saturated carbocycles. The van der Waals surface area contributed by atoms with Crippen LogP contribution in [0.1, 0.15) is 245 Å². The van der Waals surface area contributed by atoms with Crippen LogP contribution < -0.4 is 0 Å². The van der Waals surface area contributed by atoms with Gasteiger partial charge in [0.15, 0.2) is 6.10 Å². The lowest BCUT2D eigenvalue weighted by Crippen LogP contribution is -2.40. The molecule has 67 heavy (non-hydrogen) atoms. The van der Waals surface area contributed by atoms with Crippen molar-refractivity contribution in [3.8, 4) is 0 Å². The fourth-order valence-electron chi connectivity index (χ4n) is 7.72. The molecule has 1 N–H and O–H groups in total. The van der Waals surface area contributed by atoms with E-state index in [-0.39, 0.29) is 32.2 Å².